The van der Waals surface area contributed by atoms with E-state index in [0.717, 1.165) is 0 Å². The predicted octanol–water partition coefficient (Wildman–Crippen LogP) is -0.230. The summed E-state index contributed by atoms with van der Waals surface area (Å²) < 4.78 is 0. The molecule has 35 valence electrons. The Balaban J connectivity index is 3.45. The molecule has 0 rings (SSSR count). The van der Waals surface area contributed by atoms with Crippen LogP contribution in [0.2, 0.25) is 0 Å². The molecule has 0 aromatic heterocycles. The molecule has 0 fully saturated rings. The minimum atomic E-state index is -1.39. The van der Waals surface area contributed by atoms with E-state index in [-0.39, 0.29) is 0 Å². The van der Waals surface area contributed by atoms with Crippen LogP contribution in [-0.4, -0.2) is 17.0 Å². The first-order valence-electron chi connectivity index (χ1n) is 1.60. The predicted molar refractivity (Wildman–Crippen MR) is 22.0 cm³/mol. The van der Waals surface area contributed by atoms with Gasteiger partial charge in [-0.3, -0.25) is 0 Å². The molecule has 0 saturated heterocycles. The maximum atomic E-state index is 9.51. The van der Waals surface area contributed by atoms with Crippen LogP contribution in [0.4, 0.5) is 0 Å². The van der Waals surface area contributed by atoms with Crippen LogP contribution in [0.15, 0.2) is 0 Å². The molecular weight excluding hydrogens is 80.0 g/mol. The largest absolute Gasteiger partial charge is 0.383 e. The molecule has 2 heteroatoms. The molecule has 0 aromatic carbocycles. The Morgan fingerprint density at radius 2 is 2.17 bits per heavy atom. The standard InChI is InChI=1S/C4H7O2/c1-4(2,6)3-5/h3,6H,1H2,2H3/t4-/m0/s1. The van der Waals surface area contributed by atoms with Crippen LogP contribution < -0.4 is 0 Å². The van der Waals surface area contributed by atoms with Gasteiger partial charge in [0, 0.05) is 0 Å². The van der Waals surface area contributed by atoms with Crippen LogP contribution in [0.5, 0.6) is 0 Å². The van der Waals surface area contributed by atoms with Crippen LogP contribution in [0.1, 0.15) is 6.92 Å². The zero-order valence-electron chi connectivity index (χ0n) is 3.64. The highest BCUT2D eigenvalue weighted by Crippen LogP contribution is 1.90. The molecule has 0 aliphatic carbocycles. The third kappa shape index (κ3) is 3.63. The average molecular weight is 87.1 g/mol. The van der Waals surface area contributed by atoms with Crippen molar-refractivity contribution in [2.45, 2.75) is 12.5 Å². The summed E-state index contributed by atoms with van der Waals surface area (Å²) in [6, 6.07) is 0. The second-order valence-electron chi connectivity index (χ2n) is 1.48. The van der Waals surface area contributed by atoms with Crippen LogP contribution in [-0.2, 0) is 4.79 Å². The fraction of sp³-hybridized carbons (Fsp3) is 0.500. The summed E-state index contributed by atoms with van der Waals surface area (Å²) in [5.41, 5.74) is -1.39. The molecule has 0 aliphatic rings. The van der Waals surface area contributed by atoms with Crippen LogP contribution in [0, 0.1) is 6.92 Å². The quantitative estimate of drug-likeness (QED) is 0.448. The third-order valence-corrected chi connectivity index (χ3v) is 0.254. The fourth-order valence-corrected chi connectivity index (χ4v) is 0. The van der Waals surface area contributed by atoms with Crippen molar-refractivity contribution in [3.8, 4) is 0 Å². The van der Waals surface area contributed by atoms with Gasteiger partial charge in [0.05, 0.1) is 0 Å². The van der Waals surface area contributed by atoms with Crippen molar-refractivity contribution in [2.24, 2.45) is 0 Å². The highest BCUT2D eigenvalue weighted by Gasteiger charge is 2.07. The summed E-state index contributed by atoms with van der Waals surface area (Å²) >= 11 is 0. The second-order valence-corrected chi connectivity index (χ2v) is 1.48. The number of carbonyl (C=O) groups excluding carboxylic acids is 1. The van der Waals surface area contributed by atoms with Gasteiger partial charge in [-0.05, 0) is 13.8 Å². The van der Waals surface area contributed by atoms with Crippen LogP contribution in [0.25, 0.3) is 0 Å². The molecule has 1 N–H and O–H groups in total. The molecule has 2 nitrogen and oxygen atoms in total. The van der Waals surface area contributed by atoms with Crippen molar-refractivity contribution >= 4 is 6.29 Å². The first-order valence-corrected chi connectivity index (χ1v) is 1.60. The van der Waals surface area contributed by atoms with E-state index in [2.05, 4.69) is 6.92 Å². The van der Waals surface area contributed by atoms with Gasteiger partial charge in [0.2, 0.25) is 0 Å². The van der Waals surface area contributed by atoms with Crippen molar-refractivity contribution in [3.63, 3.8) is 0 Å². The third-order valence-electron chi connectivity index (χ3n) is 0.254. The van der Waals surface area contributed by atoms with Gasteiger partial charge in [0.15, 0.2) is 6.29 Å². The minimum Gasteiger partial charge on any atom is -0.383 e. The Kier molecular flexibility index (Phi) is 1.30. The number of carbonyl (C=O) groups is 1. The van der Waals surface area contributed by atoms with Crippen LogP contribution >= 0.6 is 0 Å². The van der Waals surface area contributed by atoms with Crippen molar-refractivity contribution in [1.82, 2.24) is 0 Å². The Labute approximate surface area is 36.8 Å². The van der Waals surface area contributed by atoms with E-state index in [9.17, 15) is 4.79 Å². The lowest BCUT2D eigenvalue weighted by molar-refractivity contribution is -0.118. The van der Waals surface area contributed by atoms with E-state index in [1.807, 2.05) is 0 Å². The summed E-state index contributed by atoms with van der Waals surface area (Å²) in [6.07, 6.45) is 0.382. The molecular formula is C4H7O2. The van der Waals surface area contributed by atoms with Gasteiger partial charge >= 0.3 is 0 Å². The first-order chi connectivity index (χ1) is 2.56. The molecule has 0 aromatic rings. The molecule has 0 bridgehead atoms. The van der Waals surface area contributed by atoms with Crippen molar-refractivity contribution in [2.75, 3.05) is 0 Å². The summed E-state index contributed by atoms with van der Waals surface area (Å²) in [7, 11) is 0. The molecule has 1 radical (unpaired) electrons. The molecule has 1 atom stereocenters. The molecule has 6 heavy (non-hydrogen) atoms. The van der Waals surface area contributed by atoms with E-state index in [0.29, 0.717) is 6.29 Å². The molecule has 0 aliphatic heterocycles. The lowest BCUT2D eigenvalue weighted by Gasteiger charge is -2.02. The molecule has 0 unspecified atom stereocenters. The Bertz CT molecular complexity index is 51.1. The van der Waals surface area contributed by atoms with E-state index >= 15 is 0 Å². The van der Waals surface area contributed by atoms with E-state index < -0.39 is 5.60 Å². The van der Waals surface area contributed by atoms with Crippen molar-refractivity contribution < 1.29 is 9.90 Å². The zero-order valence-corrected chi connectivity index (χ0v) is 3.64. The maximum absolute atomic E-state index is 9.51. The van der Waals surface area contributed by atoms with Gasteiger partial charge < -0.3 is 9.90 Å². The van der Waals surface area contributed by atoms with Crippen molar-refractivity contribution in [3.05, 3.63) is 6.92 Å². The van der Waals surface area contributed by atoms with Gasteiger partial charge in [-0.2, -0.15) is 0 Å². The van der Waals surface area contributed by atoms with E-state index in [1.165, 1.54) is 6.92 Å². The average Bonchev–Trinajstić information content (AvgIpc) is 1.35. The molecule has 0 spiro atoms. The molecule has 0 heterocycles. The zero-order chi connectivity index (χ0) is 5.21. The number of hydrogen-bond donors (Lipinski definition) is 1. The summed E-state index contributed by atoms with van der Waals surface area (Å²) in [5, 5.41) is 8.35. The van der Waals surface area contributed by atoms with Gasteiger partial charge in [-0.25, -0.2) is 0 Å². The molecule has 0 amide bonds. The molecule has 0 saturated carbocycles. The number of aliphatic hydroxyl groups is 1. The topological polar surface area (TPSA) is 37.3 Å². The lowest BCUT2D eigenvalue weighted by atomic mass is 10.2. The summed E-state index contributed by atoms with van der Waals surface area (Å²) in [4.78, 5) is 9.51. The Morgan fingerprint density at radius 1 is 2.00 bits per heavy atom. The normalized spacial score (nSPS) is 11.2. The lowest BCUT2D eigenvalue weighted by Crippen LogP contribution is -2.19. The second kappa shape index (κ2) is 1.39. The number of aldehydes is 1. The van der Waals surface area contributed by atoms with Crippen LogP contribution in [0.3, 0.4) is 0 Å². The van der Waals surface area contributed by atoms with E-state index in [4.69, 9.17) is 5.11 Å². The van der Waals surface area contributed by atoms with Gasteiger partial charge in [0.25, 0.3) is 0 Å². The first kappa shape index (κ1) is 5.63. The maximum Gasteiger partial charge on any atom is 0.151 e. The summed E-state index contributed by atoms with van der Waals surface area (Å²) in [5.74, 6) is 0. The van der Waals surface area contributed by atoms with Gasteiger partial charge in [0.1, 0.15) is 5.60 Å². The minimum absolute atomic E-state index is 0.382. The highest BCUT2D eigenvalue weighted by molar-refractivity contribution is 5.61. The fourth-order valence-electron chi connectivity index (χ4n) is 0. The van der Waals surface area contributed by atoms with Gasteiger partial charge in [-0.15, -0.1) is 0 Å². The number of rotatable bonds is 1. The monoisotopic (exact) mass is 87.0 g/mol. The highest BCUT2D eigenvalue weighted by atomic mass is 16.3. The summed E-state index contributed by atoms with van der Waals surface area (Å²) in [6.45, 7) is 4.40. The van der Waals surface area contributed by atoms with Gasteiger partial charge in [-0.1, -0.05) is 0 Å². The Morgan fingerprint density at radius 3 is 2.17 bits per heavy atom. The Hall–Kier alpha value is -0.370. The van der Waals surface area contributed by atoms with E-state index in [1.54, 1.807) is 0 Å². The SMILES string of the molecule is [CH2][C@@](C)(O)C=O. The smallest absolute Gasteiger partial charge is 0.151 e. The number of hydrogen-bond acceptors (Lipinski definition) is 2. The van der Waals surface area contributed by atoms with Crippen molar-refractivity contribution in [1.29, 1.82) is 0 Å².